The summed E-state index contributed by atoms with van der Waals surface area (Å²) < 4.78 is 15.3. The van der Waals surface area contributed by atoms with Gasteiger partial charge in [0.1, 0.15) is 5.82 Å². The summed E-state index contributed by atoms with van der Waals surface area (Å²) in [7, 11) is 0. The van der Waals surface area contributed by atoms with Crippen molar-refractivity contribution in [3.8, 4) is 0 Å². The molecule has 2 aromatic carbocycles. The van der Waals surface area contributed by atoms with Crippen molar-refractivity contribution in [3.05, 3.63) is 88.0 Å². The standard InChI is InChI=1S/C17H13FN4O3/c18-14-7-6-13(22(24)25)10-16(14)19-17(23)15-8-9-21(20-15)11-12-4-2-1-3-5-12/h1-10H,11H2,(H,19,23). The van der Waals surface area contributed by atoms with Crippen LogP contribution in [-0.4, -0.2) is 20.6 Å². The summed E-state index contributed by atoms with van der Waals surface area (Å²) in [4.78, 5) is 22.3. The Morgan fingerprint density at radius 3 is 2.68 bits per heavy atom. The number of nitrogens with one attached hydrogen (secondary N) is 1. The lowest BCUT2D eigenvalue weighted by atomic mass is 10.2. The Bertz CT molecular complexity index is 925. The average molecular weight is 340 g/mol. The second-order valence-electron chi connectivity index (χ2n) is 5.26. The lowest BCUT2D eigenvalue weighted by Gasteiger charge is -2.05. The molecule has 0 spiro atoms. The molecule has 0 unspecified atom stereocenters. The normalized spacial score (nSPS) is 10.4. The Hall–Kier alpha value is -3.55. The van der Waals surface area contributed by atoms with E-state index < -0.39 is 16.6 Å². The third-order valence-electron chi connectivity index (χ3n) is 3.47. The molecule has 0 fully saturated rings. The fraction of sp³-hybridized carbons (Fsp3) is 0.0588. The van der Waals surface area contributed by atoms with Gasteiger partial charge in [0.2, 0.25) is 0 Å². The fourth-order valence-electron chi connectivity index (χ4n) is 2.25. The first-order valence-corrected chi connectivity index (χ1v) is 7.35. The highest BCUT2D eigenvalue weighted by Crippen LogP contribution is 2.21. The van der Waals surface area contributed by atoms with Gasteiger partial charge in [0, 0.05) is 18.3 Å². The Morgan fingerprint density at radius 1 is 1.20 bits per heavy atom. The molecule has 0 radical (unpaired) electrons. The van der Waals surface area contributed by atoms with Crippen LogP contribution >= 0.6 is 0 Å². The molecule has 0 saturated heterocycles. The maximum Gasteiger partial charge on any atom is 0.276 e. The molecule has 0 aliphatic rings. The summed E-state index contributed by atoms with van der Waals surface area (Å²) in [6.45, 7) is 0.485. The molecular weight excluding hydrogens is 327 g/mol. The molecule has 8 heteroatoms. The summed E-state index contributed by atoms with van der Waals surface area (Å²) >= 11 is 0. The van der Waals surface area contributed by atoms with Gasteiger partial charge in [-0.15, -0.1) is 0 Å². The topological polar surface area (TPSA) is 90.1 Å². The Morgan fingerprint density at radius 2 is 1.96 bits per heavy atom. The molecule has 0 bridgehead atoms. The van der Waals surface area contributed by atoms with Crippen LogP contribution in [0.3, 0.4) is 0 Å². The second kappa shape index (κ2) is 6.91. The van der Waals surface area contributed by atoms with Gasteiger partial charge in [0.05, 0.1) is 17.2 Å². The van der Waals surface area contributed by atoms with E-state index >= 15 is 0 Å². The zero-order valence-corrected chi connectivity index (χ0v) is 12.9. The average Bonchev–Trinajstić information content (AvgIpc) is 3.06. The van der Waals surface area contributed by atoms with E-state index in [2.05, 4.69) is 10.4 Å². The van der Waals surface area contributed by atoms with E-state index in [4.69, 9.17) is 0 Å². The summed E-state index contributed by atoms with van der Waals surface area (Å²) in [5, 5.41) is 17.2. The third kappa shape index (κ3) is 3.86. The van der Waals surface area contributed by atoms with Crippen molar-refractivity contribution in [1.82, 2.24) is 9.78 Å². The van der Waals surface area contributed by atoms with E-state index in [0.717, 1.165) is 23.8 Å². The quantitative estimate of drug-likeness (QED) is 0.570. The summed E-state index contributed by atoms with van der Waals surface area (Å²) in [5.74, 6) is -1.41. The van der Waals surface area contributed by atoms with Crippen LogP contribution in [0.4, 0.5) is 15.8 Å². The predicted molar refractivity (Wildman–Crippen MR) is 88.8 cm³/mol. The molecule has 0 aliphatic carbocycles. The second-order valence-corrected chi connectivity index (χ2v) is 5.26. The number of nitrogens with zero attached hydrogens (tertiary/aromatic N) is 3. The highest BCUT2D eigenvalue weighted by Gasteiger charge is 2.15. The molecule has 1 heterocycles. The minimum absolute atomic E-state index is 0.0850. The monoisotopic (exact) mass is 340 g/mol. The van der Waals surface area contributed by atoms with Crippen LogP contribution in [0.2, 0.25) is 0 Å². The molecule has 0 aliphatic heterocycles. The zero-order valence-electron chi connectivity index (χ0n) is 12.9. The minimum Gasteiger partial charge on any atom is -0.318 e. The molecule has 0 saturated carbocycles. The van der Waals surface area contributed by atoms with Crippen LogP contribution in [0.25, 0.3) is 0 Å². The Labute approximate surface area is 141 Å². The van der Waals surface area contributed by atoms with Crippen molar-refractivity contribution in [1.29, 1.82) is 0 Å². The molecule has 1 aromatic heterocycles. The van der Waals surface area contributed by atoms with Gasteiger partial charge in [-0.25, -0.2) is 4.39 Å². The van der Waals surface area contributed by atoms with Crippen LogP contribution in [-0.2, 0) is 6.54 Å². The zero-order chi connectivity index (χ0) is 17.8. The summed E-state index contributed by atoms with van der Waals surface area (Å²) in [6.07, 6.45) is 1.63. The highest BCUT2D eigenvalue weighted by molar-refractivity contribution is 6.03. The molecule has 25 heavy (non-hydrogen) atoms. The molecule has 3 rings (SSSR count). The first-order chi connectivity index (χ1) is 12.0. The van der Waals surface area contributed by atoms with Crippen molar-refractivity contribution in [2.45, 2.75) is 6.54 Å². The number of anilines is 1. The van der Waals surface area contributed by atoms with Gasteiger partial charge in [0.15, 0.2) is 5.69 Å². The first kappa shape index (κ1) is 16.3. The number of halogens is 1. The number of carbonyl (C=O) groups excluding carboxylic acids is 1. The van der Waals surface area contributed by atoms with Crippen molar-refractivity contribution in [3.63, 3.8) is 0 Å². The van der Waals surface area contributed by atoms with Gasteiger partial charge in [0.25, 0.3) is 11.6 Å². The third-order valence-corrected chi connectivity index (χ3v) is 3.47. The van der Waals surface area contributed by atoms with Gasteiger partial charge in [-0.2, -0.15) is 5.10 Å². The van der Waals surface area contributed by atoms with Crippen molar-refractivity contribution < 1.29 is 14.1 Å². The SMILES string of the molecule is O=C(Nc1cc([N+](=O)[O-])ccc1F)c1ccn(Cc2ccccc2)n1. The van der Waals surface area contributed by atoms with E-state index in [0.29, 0.717) is 6.54 Å². The van der Waals surface area contributed by atoms with Crippen LogP contribution in [0, 0.1) is 15.9 Å². The number of carbonyl (C=O) groups is 1. The van der Waals surface area contributed by atoms with Gasteiger partial charge >= 0.3 is 0 Å². The summed E-state index contributed by atoms with van der Waals surface area (Å²) in [6, 6.07) is 14.0. The first-order valence-electron chi connectivity index (χ1n) is 7.35. The van der Waals surface area contributed by atoms with Crippen LogP contribution in [0.15, 0.2) is 60.8 Å². The number of non-ortho nitro benzene ring substituents is 1. The smallest absolute Gasteiger partial charge is 0.276 e. The molecule has 0 atom stereocenters. The minimum atomic E-state index is -0.761. The van der Waals surface area contributed by atoms with Crippen molar-refractivity contribution >= 4 is 17.3 Å². The van der Waals surface area contributed by atoms with E-state index in [1.54, 1.807) is 10.9 Å². The number of benzene rings is 2. The van der Waals surface area contributed by atoms with Gasteiger partial charge < -0.3 is 5.32 Å². The maximum absolute atomic E-state index is 13.7. The molecule has 126 valence electrons. The van der Waals surface area contributed by atoms with Crippen LogP contribution in [0.5, 0.6) is 0 Å². The van der Waals surface area contributed by atoms with Gasteiger partial charge in [-0.1, -0.05) is 30.3 Å². The lowest BCUT2D eigenvalue weighted by Crippen LogP contribution is -2.14. The Balaban J connectivity index is 1.74. The molecule has 7 nitrogen and oxygen atoms in total. The van der Waals surface area contributed by atoms with Gasteiger partial charge in [-0.05, 0) is 17.7 Å². The molecule has 3 aromatic rings. The number of rotatable bonds is 5. The van der Waals surface area contributed by atoms with E-state index in [9.17, 15) is 19.3 Å². The number of amides is 1. The number of nitro groups is 1. The summed E-state index contributed by atoms with van der Waals surface area (Å²) in [5.41, 5.74) is 0.521. The lowest BCUT2D eigenvalue weighted by molar-refractivity contribution is -0.384. The maximum atomic E-state index is 13.7. The van der Waals surface area contributed by atoms with E-state index in [-0.39, 0.29) is 17.1 Å². The molecule has 1 N–H and O–H groups in total. The Kier molecular flexibility index (Phi) is 4.51. The van der Waals surface area contributed by atoms with Crippen molar-refractivity contribution in [2.24, 2.45) is 0 Å². The van der Waals surface area contributed by atoms with Crippen LogP contribution < -0.4 is 5.32 Å². The fourth-order valence-corrected chi connectivity index (χ4v) is 2.25. The number of hydrogen-bond acceptors (Lipinski definition) is 4. The van der Waals surface area contributed by atoms with E-state index in [1.807, 2.05) is 30.3 Å². The van der Waals surface area contributed by atoms with E-state index in [1.165, 1.54) is 6.07 Å². The predicted octanol–water partition coefficient (Wildman–Crippen LogP) is 3.23. The molecular formula is C17H13FN4O3. The highest BCUT2D eigenvalue weighted by atomic mass is 19.1. The molecule has 1 amide bonds. The van der Waals surface area contributed by atoms with Crippen LogP contribution in [0.1, 0.15) is 16.1 Å². The largest absolute Gasteiger partial charge is 0.318 e. The number of nitro benzene ring substituents is 1. The van der Waals surface area contributed by atoms with Crippen molar-refractivity contribution in [2.75, 3.05) is 5.32 Å². The number of aromatic nitrogens is 2. The van der Waals surface area contributed by atoms with Gasteiger partial charge in [-0.3, -0.25) is 19.6 Å². The number of hydrogen-bond donors (Lipinski definition) is 1.